The molecule has 3 N–H and O–H groups in total. The third kappa shape index (κ3) is 4.63. The van der Waals surface area contributed by atoms with Gasteiger partial charge in [-0.1, -0.05) is 17.7 Å². The number of hydrogen-bond acceptors (Lipinski definition) is 2. The highest BCUT2D eigenvalue weighted by atomic mass is 35.5. The molecule has 0 aliphatic carbocycles. The number of anilines is 1. The zero-order valence-corrected chi connectivity index (χ0v) is 10.7. The minimum absolute atomic E-state index is 0.0483. The fourth-order valence-electron chi connectivity index (χ4n) is 1.37. The van der Waals surface area contributed by atoms with Crippen molar-refractivity contribution in [3.8, 4) is 0 Å². The van der Waals surface area contributed by atoms with Gasteiger partial charge in [-0.3, -0.25) is 0 Å². The van der Waals surface area contributed by atoms with Crippen LogP contribution in [-0.2, 0) is 0 Å². The molecule has 94 valence electrons. The topological polar surface area (TPSA) is 61.4 Å². The van der Waals surface area contributed by atoms with Crippen LogP contribution in [0.15, 0.2) is 18.2 Å². The van der Waals surface area contributed by atoms with Crippen LogP contribution in [0.5, 0.6) is 0 Å². The SMILES string of the molecule is Cc1ccc(NC(=O)N[C@H](C)CCO)c(Cl)c1. The molecule has 0 spiro atoms. The number of carbonyl (C=O) groups is 1. The second-order valence-corrected chi connectivity index (χ2v) is 4.40. The first kappa shape index (κ1) is 13.8. The molecular weight excluding hydrogens is 240 g/mol. The van der Waals surface area contributed by atoms with Crippen LogP contribution in [0.2, 0.25) is 5.02 Å². The number of aliphatic hydroxyl groups is 1. The standard InChI is InChI=1S/C12H17ClN2O2/c1-8-3-4-11(10(13)7-8)15-12(17)14-9(2)5-6-16/h3-4,7,9,16H,5-6H2,1-2H3,(H2,14,15,17)/t9-/m1/s1. The Morgan fingerprint density at radius 3 is 2.82 bits per heavy atom. The molecule has 0 heterocycles. The van der Waals surface area contributed by atoms with Crippen LogP contribution in [-0.4, -0.2) is 23.8 Å². The van der Waals surface area contributed by atoms with Crippen LogP contribution < -0.4 is 10.6 Å². The van der Waals surface area contributed by atoms with E-state index in [1.807, 2.05) is 19.9 Å². The molecule has 0 bridgehead atoms. The third-order valence-electron chi connectivity index (χ3n) is 2.31. The summed E-state index contributed by atoms with van der Waals surface area (Å²) in [5, 5.41) is 14.6. The lowest BCUT2D eigenvalue weighted by Gasteiger charge is -2.14. The fourth-order valence-corrected chi connectivity index (χ4v) is 1.65. The van der Waals surface area contributed by atoms with Gasteiger partial charge < -0.3 is 15.7 Å². The van der Waals surface area contributed by atoms with Crippen LogP contribution in [0.4, 0.5) is 10.5 Å². The molecule has 5 heteroatoms. The van der Waals surface area contributed by atoms with E-state index in [2.05, 4.69) is 10.6 Å². The molecule has 0 aliphatic heterocycles. The Morgan fingerprint density at radius 1 is 1.53 bits per heavy atom. The third-order valence-corrected chi connectivity index (χ3v) is 2.63. The van der Waals surface area contributed by atoms with E-state index in [9.17, 15) is 4.79 Å². The number of nitrogens with one attached hydrogen (secondary N) is 2. The summed E-state index contributed by atoms with van der Waals surface area (Å²) in [6.07, 6.45) is 0.523. The molecule has 0 aliphatic rings. The first-order valence-corrected chi connectivity index (χ1v) is 5.85. The van der Waals surface area contributed by atoms with E-state index in [1.54, 1.807) is 12.1 Å². The van der Waals surface area contributed by atoms with Gasteiger partial charge in [-0.25, -0.2) is 4.79 Å². The quantitative estimate of drug-likeness (QED) is 0.775. The summed E-state index contributed by atoms with van der Waals surface area (Å²) in [6.45, 7) is 3.80. The molecule has 1 aromatic rings. The van der Waals surface area contributed by atoms with E-state index in [-0.39, 0.29) is 18.7 Å². The summed E-state index contributed by atoms with van der Waals surface area (Å²) in [5.74, 6) is 0. The number of rotatable bonds is 4. The van der Waals surface area contributed by atoms with Gasteiger partial charge in [0.15, 0.2) is 0 Å². The number of carbonyl (C=O) groups excluding carboxylic acids is 1. The summed E-state index contributed by atoms with van der Waals surface area (Å²) < 4.78 is 0. The number of benzene rings is 1. The average Bonchev–Trinajstić information content (AvgIpc) is 2.22. The molecular formula is C12H17ClN2O2. The lowest BCUT2D eigenvalue weighted by Crippen LogP contribution is -2.36. The second kappa shape index (κ2) is 6.47. The van der Waals surface area contributed by atoms with Crippen molar-refractivity contribution in [1.29, 1.82) is 0 Å². The number of halogens is 1. The highest BCUT2D eigenvalue weighted by Crippen LogP contribution is 2.22. The lowest BCUT2D eigenvalue weighted by molar-refractivity contribution is 0.241. The van der Waals surface area contributed by atoms with Gasteiger partial charge in [0.05, 0.1) is 10.7 Å². The van der Waals surface area contributed by atoms with Gasteiger partial charge in [0.2, 0.25) is 0 Å². The van der Waals surface area contributed by atoms with Gasteiger partial charge in [-0.05, 0) is 38.0 Å². The molecule has 0 fully saturated rings. The van der Waals surface area contributed by atoms with Crippen LogP contribution in [0, 0.1) is 6.92 Å². The molecule has 2 amide bonds. The molecule has 0 unspecified atom stereocenters. The van der Waals surface area contributed by atoms with Gasteiger partial charge in [0.25, 0.3) is 0 Å². The number of urea groups is 1. The van der Waals surface area contributed by atoms with Crippen molar-refractivity contribution in [2.24, 2.45) is 0 Å². The van der Waals surface area contributed by atoms with E-state index in [1.165, 1.54) is 0 Å². The van der Waals surface area contributed by atoms with Gasteiger partial charge >= 0.3 is 6.03 Å². The van der Waals surface area contributed by atoms with Crippen molar-refractivity contribution in [1.82, 2.24) is 5.32 Å². The highest BCUT2D eigenvalue weighted by molar-refractivity contribution is 6.33. The fraction of sp³-hybridized carbons (Fsp3) is 0.417. The summed E-state index contributed by atoms with van der Waals surface area (Å²) in [5.41, 5.74) is 1.61. The van der Waals surface area contributed by atoms with Crippen molar-refractivity contribution in [2.45, 2.75) is 26.3 Å². The van der Waals surface area contributed by atoms with Crippen molar-refractivity contribution < 1.29 is 9.90 Å². The van der Waals surface area contributed by atoms with Crippen molar-refractivity contribution in [3.05, 3.63) is 28.8 Å². The molecule has 1 rings (SSSR count). The van der Waals surface area contributed by atoms with Crippen LogP contribution in [0.25, 0.3) is 0 Å². The second-order valence-electron chi connectivity index (χ2n) is 4.00. The van der Waals surface area contributed by atoms with Crippen molar-refractivity contribution >= 4 is 23.3 Å². The Bertz CT molecular complexity index is 396. The van der Waals surface area contributed by atoms with Crippen LogP contribution >= 0.6 is 11.6 Å². The van der Waals surface area contributed by atoms with Crippen LogP contribution in [0.3, 0.4) is 0 Å². The predicted octanol–water partition coefficient (Wildman–Crippen LogP) is 2.54. The summed E-state index contributed by atoms with van der Waals surface area (Å²) in [6, 6.07) is 5.02. The minimum atomic E-state index is -0.322. The Balaban J connectivity index is 2.56. The number of aliphatic hydroxyl groups excluding tert-OH is 1. The van der Waals surface area contributed by atoms with Gasteiger partial charge in [0.1, 0.15) is 0 Å². The summed E-state index contributed by atoms with van der Waals surface area (Å²) in [4.78, 5) is 11.6. The Labute approximate surface area is 106 Å². The number of amides is 2. The lowest BCUT2D eigenvalue weighted by atomic mass is 10.2. The minimum Gasteiger partial charge on any atom is -0.396 e. The van der Waals surface area contributed by atoms with Gasteiger partial charge in [-0.2, -0.15) is 0 Å². The van der Waals surface area contributed by atoms with E-state index >= 15 is 0 Å². The zero-order valence-electron chi connectivity index (χ0n) is 9.96. The number of hydrogen-bond donors (Lipinski definition) is 3. The Kier molecular flexibility index (Phi) is 5.25. The molecule has 0 radical (unpaired) electrons. The summed E-state index contributed by atoms with van der Waals surface area (Å²) in [7, 11) is 0. The number of aryl methyl sites for hydroxylation is 1. The molecule has 0 saturated carbocycles. The molecule has 0 saturated heterocycles. The predicted molar refractivity (Wildman–Crippen MR) is 69.5 cm³/mol. The van der Waals surface area contributed by atoms with Gasteiger partial charge in [0, 0.05) is 12.6 Å². The summed E-state index contributed by atoms with van der Waals surface area (Å²) >= 11 is 5.99. The molecule has 1 atom stereocenters. The van der Waals surface area contributed by atoms with Crippen molar-refractivity contribution in [2.75, 3.05) is 11.9 Å². The maximum absolute atomic E-state index is 11.6. The normalized spacial score (nSPS) is 12.0. The first-order valence-electron chi connectivity index (χ1n) is 5.47. The zero-order chi connectivity index (χ0) is 12.8. The van der Waals surface area contributed by atoms with E-state index in [4.69, 9.17) is 16.7 Å². The maximum Gasteiger partial charge on any atom is 0.319 e. The highest BCUT2D eigenvalue weighted by Gasteiger charge is 2.08. The van der Waals surface area contributed by atoms with E-state index in [0.29, 0.717) is 17.1 Å². The Hall–Kier alpha value is -1.26. The maximum atomic E-state index is 11.6. The molecule has 4 nitrogen and oxygen atoms in total. The molecule has 1 aromatic carbocycles. The van der Waals surface area contributed by atoms with Gasteiger partial charge in [-0.15, -0.1) is 0 Å². The average molecular weight is 257 g/mol. The largest absolute Gasteiger partial charge is 0.396 e. The smallest absolute Gasteiger partial charge is 0.319 e. The Morgan fingerprint density at radius 2 is 2.24 bits per heavy atom. The van der Waals surface area contributed by atoms with E-state index < -0.39 is 0 Å². The van der Waals surface area contributed by atoms with Crippen molar-refractivity contribution in [3.63, 3.8) is 0 Å². The molecule has 17 heavy (non-hydrogen) atoms. The monoisotopic (exact) mass is 256 g/mol. The van der Waals surface area contributed by atoms with E-state index in [0.717, 1.165) is 5.56 Å². The van der Waals surface area contributed by atoms with Crippen LogP contribution in [0.1, 0.15) is 18.9 Å². The first-order chi connectivity index (χ1) is 8.02. The molecule has 0 aromatic heterocycles.